The Bertz CT molecular complexity index is 586. The Hall–Kier alpha value is -2.18. The summed E-state index contributed by atoms with van der Waals surface area (Å²) in [5.41, 5.74) is 0.444. The second-order valence-electron chi connectivity index (χ2n) is 6.45. The lowest BCUT2D eigenvalue weighted by atomic mass is 10.00. The van der Waals surface area contributed by atoms with E-state index in [4.69, 9.17) is 0 Å². The van der Waals surface area contributed by atoms with E-state index in [0.29, 0.717) is 37.9 Å². The van der Waals surface area contributed by atoms with Crippen LogP contribution in [0.2, 0.25) is 0 Å². The topological polar surface area (TPSA) is 69.6 Å². The highest BCUT2D eigenvalue weighted by Crippen LogP contribution is 2.25. The van der Waals surface area contributed by atoms with Gasteiger partial charge in [0.25, 0.3) is 5.91 Å². The van der Waals surface area contributed by atoms with E-state index >= 15 is 0 Å². The zero-order chi connectivity index (χ0) is 16.9. The number of hydrogen-bond acceptors (Lipinski definition) is 5. The van der Waals surface area contributed by atoms with Crippen LogP contribution in [0.1, 0.15) is 43.1 Å². The number of carbonyl (C=O) groups excluding carboxylic acids is 2. The van der Waals surface area contributed by atoms with Gasteiger partial charge in [-0.1, -0.05) is 6.92 Å². The van der Waals surface area contributed by atoms with Crippen LogP contribution in [0.5, 0.6) is 0 Å². The smallest absolute Gasteiger partial charge is 0.272 e. The standard InChI is InChI=1S/C17H25N5O2/c1-2-14-5-3-4-6-22(14)16-11-15(18-12-19-16)17(24)21-9-7-20(13-23)8-10-21/h11-14H,2-10H2,1H3. The highest BCUT2D eigenvalue weighted by Gasteiger charge is 2.25. The molecule has 2 saturated heterocycles. The number of carbonyl (C=O) groups is 2. The number of anilines is 1. The van der Waals surface area contributed by atoms with Crippen molar-refractivity contribution in [2.75, 3.05) is 37.6 Å². The molecule has 0 radical (unpaired) electrons. The average molecular weight is 331 g/mol. The number of piperidine rings is 1. The summed E-state index contributed by atoms with van der Waals surface area (Å²) in [6, 6.07) is 2.32. The lowest BCUT2D eigenvalue weighted by Gasteiger charge is -2.36. The first-order chi connectivity index (χ1) is 11.7. The normalized spacial score (nSPS) is 21.7. The van der Waals surface area contributed by atoms with E-state index in [2.05, 4.69) is 21.8 Å². The van der Waals surface area contributed by atoms with Crippen LogP contribution < -0.4 is 4.90 Å². The maximum atomic E-state index is 12.7. The summed E-state index contributed by atoms with van der Waals surface area (Å²) >= 11 is 0. The van der Waals surface area contributed by atoms with Crippen molar-refractivity contribution >= 4 is 18.1 Å². The van der Waals surface area contributed by atoms with Gasteiger partial charge < -0.3 is 14.7 Å². The quantitative estimate of drug-likeness (QED) is 0.775. The van der Waals surface area contributed by atoms with Crippen LogP contribution in [0.3, 0.4) is 0 Å². The SMILES string of the molecule is CCC1CCCCN1c1cc(C(=O)N2CCN(C=O)CC2)ncn1. The van der Waals surface area contributed by atoms with E-state index in [9.17, 15) is 9.59 Å². The van der Waals surface area contributed by atoms with Crippen LogP contribution >= 0.6 is 0 Å². The van der Waals surface area contributed by atoms with Crippen LogP contribution in [0.25, 0.3) is 0 Å². The second-order valence-corrected chi connectivity index (χ2v) is 6.45. The fourth-order valence-corrected chi connectivity index (χ4v) is 3.54. The zero-order valence-electron chi connectivity index (χ0n) is 14.2. The molecule has 0 saturated carbocycles. The molecule has 2 aliphatic heterocycles. The molecule has 0 spiro atoms. The van der Waals surface area contributed by atoms with Gasteiger partial charge in [0.2, 0.25) is 6.41 Å². The minimum absolute atomic E-state index is 0.0748. The van der Waals surface area contributed by atoms with Gasteiger partial charge in [-0.15, -0.1) is 0 Å². The third kappa shape index (κ3) is 3.49. The second kappa shape index (κ2) is 7.59. The van der Waals surface area contributed by atoms with E-state index in [1.54, 1.807) is 9.80 Å². The molecular formula is C17H25N5O2. The summed E-state index contributed by atoms with van der Waals surface area (Å²) < 4.78 is 0. The predicted molar refractivity (Wildman–Crippen MR) is 90.8 cm³/mol. The molecule has 130 valence electrons. The predicted octanol–water partition coefficient (Wildman–Crippen LogP) is 1.16. The lowest BCUT2D eigenvalue weighted by molar-refractivity contribution is -0.119. The van der Waals surface area contributed by atoms with Gasteiger partial charge in [0.1, 0.15) is 17.8 Å². The Morgan fingerprint density at radius 2 is 2.00 bits per heavy atom. The van der Waals surface area contributed by atoms with Crippen molar-refractivity contribution in [1.29, 1.82) is 0 Å². The minimum Gasteiger partial charge on any atom is -0.354 e. The summed E-state index contributed by atoms with van der Waals surface area (Å²) in [6.45, 7) is 5.45. The van der Waals surface area contributed by atoms with E-state index < -0.39 is 0 Å². The number of piperazine rings is 1. The molecule has 0 aromatic carbocycles. The third-order valence-electron chi connectivity index (χ3n) is 5.01. The maximum Gasteiger partial charge on any atom is 0.272 e. The molecule has 7 heteroatoms. The molecule has 2 fully saturated rings. The average Bonchev–Trinajstić information content (AvgIpc) is 2.67. The highest BCUT2D eigenvalue weighted by atomic mass is 16.2. The number of amides is 2. The Morgan fingerprint density at radius 3 is 2.71 bits per heavy atom. The fourth-order valence-electron chi connectivity index (χ4n) is 3.54. The van der Waals surface area contributed by atoms with Crippen molar-refractivity contribution in [3.63, 3.8) is 0 Å². The van der Waals surface area contributed by atoms with E-state index in [-0.39, 0.29) is 5.91 Å². The van der Waals surface area contributed by atoms with Crippen molar-refractivity contribution in [2.45, 2.75) is 38.6 Å². The van der Waals surface area contributed by atoms with Crippen molar-refractivity contribution < 1.29 is 9.59 Å². The van der Waals surface area contributed by atoms with Gasteiger partial charge in [-0.25, -0.2) is 9.97 Å². The van der Waals surface area contributed by atoms with Gasteiger partial charge in [-0.2, -0.15) is 0 Å². The van der Waals surface area contributed by atoms with E-state index in [1.165, 1.54) is 19.2 Å². The van der Waals surface area contributed by atoms with Crippen molar-refractivity contribution in [1.82, 2.24) is 19.8 Å². The molecule has 3 heterocycles. The van der Waals surface area contributed by atoms with Crippen LogP contribution in [0.15, 0.2) is 12.4 Å². The van der Waals surface area contributed by atoms with Crippen LogP contribution in [0, 0.1) is 0 Å². The third-order valence-corrected chi connectivity index (χ3v) is 5.01. The summed E-state index contributed by atoms with van der Waals surface area (Å²) in [5.74, 6) is 0.778. The van der Waals surface area contributed by atoms with Crippen LogP contribution in [-0.2, 0) is 4.79 Å². The van der Waals surface area contributed by atoms with Crippen molar-refractivity contribution in [3.05, 3.63) is 18.1 Å². The molecule has 2 amide bonds. The summed E-state index contributed by atoms with van der Waals surface area (Å²) in [6.07, 6.45) is 7.01. The van der Waals surface area contributed by atoms with Gasteiger partial charge in [0, 0.05) is 44.8 Å². The van der Waals surface area contributed by atoms with Gasteiger partial charge in [0.05, 0.1) is 0 Å². The number of rotatable bonds is 4. The summed E-state index contributed by atoms with van der Waals surface area (Å²) in [5, 5.41) is 0. The molecule has 0 aliphatic carbocycles. The summed E-state index contributed by atoms with van der Waals surface area (Å²) in [4.78, 5) is 37.8. The molecule has 3 rings (SSSR count). The highest BCUT2D eigenvalue weighted by molar-refractivity contribution is 5.93. The van der Waals surface area contributed by atoms with Gasteiger partial charge in [0.15, 0.2) is 0 Å². The Balaban J connectivity index is 1.73. The number of hydrogen-bond donors (Lipinski definition) is 0. The van der Waals surface area contributed by atoms with E-state index in [0.717, 1.165) is 31.6 Å². The molecular weight excluding hydrogens is 306 g/mol. The van der Waals surface area contributed by atoms with Gasteiger partial charge in [-0.05, 0) is 25.7 Å². The monoisotopic (exact) mass is 331 g/mol. The Labute approximate surface area is 142 Å². The minimum atomic E-state index is -0.0748. The molecule has 0 bridgehead atoms. The van der Waals surface area contributed by atoms with Gasteiger partial charge in [-0.3, -0.25) is 9.59 Å². The van der Waals surface area contributed by atoms with Crippen LogP contribution in [0.4, 0.5) is 5.82 Å². The fraction of sp³-hybridized carbons (Fsp3) is 0.647. The molecule has 1 aromatic rings. The molecule has 1 atom stereocenters. The molecule has 1 unspecified atom stereocenters. The molecule has 0 N–H and O–H groups in total. The molecule has 1 aromatic heterocycles. The zero-order valence-corrected chi connectivity index (χ0v) is 14.2. The molecule has 7 nitrogen and oxygen atoms in total. The maximum absolute atomic E-state index is 12.7. The Kier molecular flexibility index (Phi) is 5.27. The first-order valence-electron chi connectivity index (χ1n) is 8.80. The largest absolute Gasteiger partial charge is 0.354 e. The first-order valence-corrected chi connectivity index (χ1v) is 8.80. The Morgan fingerprint density at radius 1 is 1.21 bits per heavy atom. The number of aromatic nitrogens is 2. The first kappa shape index (κ1) is 16.7. The van der Waals surface area contributed by atoms with Crippen LogP contribution in [-0.4, -0.2) is 70.9 Å². The molecule has 2 aliphatic rings. The van der Waals surface area contributed by atoms with Gasteiger partial charge >= 0.3 is 0 Å². The van der Waals surface area contributed by atoms with E-state index in [1.807, 2.05) is 6.07 Å². The summed E-state index contributed by atoms with van der Waals surface area (Å²) in [7, 11) is 0. The van der Waals surface area contributed by atoms with Crippen molar-refractivity contribution in [2.24, 2.45) is 0 Å². The van der Waals surface area contributed by atoms with Crippen molar-refractivity contribution in [3.8, 4) is 0 Å². The molecule has 24 heavy (non-hydrogen) atoms. The number of nitrogens with zero attached hydrogens (tertiary/aromatic N) is 5. The lowest BCUT2D eigenvalue weighted by Crippen LogP contribution is -2.48.